The molecule has 8 heteroatoms. The molecule has 20 heavy (non-hydrogen) atoms. The number of nitrogens with zero attached hydrogens (tertiary/aromatic N) is 3. The van der Waals surface area contributed by atoms with Crippen LogP contribution < -0.4 is 11.3 Å². The zero-order valence-corrected chi connectivity index (χ0v) is 10.6. The lowest BCUT2D eigenvalue weighted by molar-refractivity contribution is 0.132. The number of aliphatic hydroxyl groups is 2. The largest absolute Gasteiger partial charge is 0.396 e. The van der Waals surface area contributed by atoms with Crippen molar-refractivity contribution < 1.29 is 10.2 Å². The Morgan fingerprint density at radius 3 is 2.85 bits per heavy atom. The summed E-state index contributed by atoms with van der Waals surface area (Å²) in [6, 6.07) is -0.212. The molecule has 106 valence electrons. The maximum absolute atomic E-state index is 11.7. The molecule has 0 saturated heterocycles. The van der Waals surface area contributed by atoms with Crippen LogP contribution in [0.5, 0.6) is 0 Å². The minimum Gasteiger partial charge on any atom is -0.396 e. The van der Waals surface area contributed by atoms with Gasteiger partial charge in [-0.3, -0.25) is 9.78 Å². The Labute approximate surface area is 113 Å². The molecule has 2 heterocycles. The highest BCUT2D eigenvalue weighted by Crippen LogP contribution is 2.35. The summed E-state index contributed by atoms with van der Waals surface area (Å²) < 4.78 is 1.70. The Morgan fingerprint density at radius 2 is 2.15 bits per heavy atom. The maximum atomic E-state index is 11.7. The molecule has 0 aromatic carbocycles. The smallest absolute Gasteiger partial charge is 0.280 e. The normalized spacial score (nSPS) is 25.6. The van der Waals surface area contributed by atoms with Gasteiger partial charge >= 0.3 is 0 Å². The Kier molecular flexibility index (Phi) is 3.03. The van der Waals surface area contributed by atoms with Crippen molar-refractivity contribution in [2.75, 3.05) is 18.9 Å². The van der Waals surface area contributed by atoms with Crippen LogP contribution in [0.4, 0.5) is 5.95 Å². The Balaban J connectivity index is 2.11. The van der Waals surface area contributed by atoms with E-state index in [0.29, 0.717) is 5.65 Å². The van der Waals surface area contributed by atoms with Crippen molar-refractivity contribution in [3.8, 4) is 0 Å². The predicted octanol–water partition coefficient (Wildman–Crippen LogP) is -0.970. The second-order valence-corrected chi connectivity index (χ2v) is 4.84. The van der Waals surface area contributed by atoms with Crippen molar-refractivity contribution in [3.63, 3.8) is 0 Å². The summed E-state index contributed by atoms with van der Waals surface area (Å²) in [7, 11) is 0. The first kappa shape index (κ1) is 12.8. The van der Waals surface area contributed by atoms with E-state index in [9.17, 15) is 15.0 Å². The van der Waals surface area contributed by atoms with Crippen molar-refractivity contribution in [2.45, 2.75) is 6.04 Å². The van der Waals surface area contributed by atoms with Gasteiger partial charge in [0.2, 0.25) is 5.95 Å². The summed E-state index contributed by atoms with van der Waals surface area (Å²) in [4.78, 5) is 22.3. The predicted molar refractivity (Wildman–Crippen MR) is 71.9 cm³/mol. The number of imidazole rings is 1. The van der Waals surface area contributed by atoms with Gasteiger partial charge in [0.15, 0.2) is 11.2 Å². The summed E-state index contributed by atoms with van der Waals surface area (Å²) in [6.45, 7) is -0.123. The van der Waals surface area contributed by atoms with Crippen LogP contribution in [0.2, 0.25) is 0 Å². The minimum absolute atomic E-state index is 0.0190. The molecule has 3 rings (SSSR count). The lowest BCUT2D eigenvalue weighted by Gasteiger charge is -2.23. The SMILES string of the molecule is Nc1nc2c(ncn2C2C=C[C@@H](CO)[C@@H]2CO)c(=O)[nH]1. The average molecular weight is 277 g/mol. The van der Waals surface area contributed by atoms with E-state index in [1.54, 1.807) is 4.57 Å². The second kappa shape index (κ2) is 4.73. The van der Waals surface area contributed by atoms with Crippen molar-refractivity contribution >= 4 is 17.1 Å². The fraction of sp³-hybridized carbons (Fsp3) is 0.417. The molecule has 2 aromatic heterocycles. The van der Waals surface area contributed by atoms with Gasteiger partial charge in [0.25, 0.3) is 5.56 Å². The summed E-state index contributed by atoms with van der Waals surface area (Å²) in [5, 5.41) is 18.8. The number of nitrogen functional groups attached to an aromatic ring is 1. The monoisotopic (exact) mass is 277 g/mol. The highest BCUT2D eigenvalue weighted by molar-refractivity contribution is 5.70. The van der Waals surface area contributed by atoms with Crippen LogP contribution in [-0.2, 0) is 0 Å². The summed E-state index contributed by atoms with van der Waals surface area (Å²) >= 11 is 0. The van der Waals surface area contributed by atoms with E-state index in [2.05, 4.69) is 15.0 Å². The van der Waals surface area contributed by atoms with Crippen LogP contribution in [0.15, 0.2) is 23.3 Å². The fourth-order valence-corrected chi connectivity index (χ4v) is 2.70. The number of nitrogens with one attached hydrogen (secondary N) is 1. The van der Waals surface area contributed by atoms with Crippen LogP contribution in [0, 0.1) is 11.8 Å². The molecule has 0 saturated carbocycles. The third kappa shape index (κ3) is 1.81. The van der Waals surface area contributed by atoms with Crippen LogP contribution in [0.25, 0.3) is 11.2 Å². The lowest BCUT2D eigenvalue weighted by Crippen LogP contribution is -2.25. The highest BCUT2D eigenvalue weighted by Gasteiger charge is 2.33. The van der Waals surface area contributed by atoms with Crippen molar-refractivity contribution in [1.82, 2.24) is 19.5 Å². The number of fused-ring (bicyclic) bond motifs is 1. The molecule has 0 amide bonds. The van der Waals surface area contributed by atoms with E-state index in [0.717, 1.165) is 0 Å². The molecule has 8 nitrogen and oxygen atoms in total. The van der Waals surface area contributed by atoms with Crippen molar-refractivity contribution in [1.29, 1.82) is 0 Å². The van der Waals surface area contributed by atoms with E-state index in [1.807, 2.05) is 12.2 Å². The summed E-state index contributed by atoms with van der Waals surface area (Å²) in [5.41, 5.74) is 5.74. The summed E-state index contributed by atoms with van der Waals surface area (Å²) in [5.74, 6) is -0.285. The number of hydrogen-bond acceptors (Lipinski definition) is 6. The molecule has 5 N–H and O–H groups in total. The minimum atomic E-state index is -0.396. The second-order valence-electron chi connectivity index (χ2n) is 4.84. The molecular weight excluding hydrogens is 262 g/mol. The average Bonchev–Trinajstić information content (AvgIpc) is 3.00. The van der Waals surface area contributed by atoms with Crippen LogP contribution in [0.1, 0.15) is 6.04 Å². The first-order chi connectivity index (χ1) is 9.65. The molecule has 0 radical (unpaired) electrons. The van der Waals surface area contributed by atoms with Crippen molar-refractivity contribution in [3.05, 3.63) is 28.8 Å². The Bertz CT molecular complexity index is 719. The molecule has 3 atom stereocenters. The number of H-pyrrole nitrogens is 1. The van der Waals surface area contributed by atoms with E-state index in [4.69, 9.17) is 5.73 Å². The molecule has 0 spiro atoms. The van der Waals surface area contributed by atoms with Gasteiger partial charge in [-0.25, -0.2) is 4.98 Å². The number of hydrogen-bond donors (Lipinski definition) is 4. The molecule has 1 aliphatic carbocycles. The van der Waals surface area contributed by atoms with Crippen LogP contribution >= 0.6 is 0 Å². The van der Waals surface area contributed by atoms with Gasteiger partial charge in [-0.15, -0.1) is 0 Å². The highest BCUT2D eigenvalue weighted by atomic mass is 16.3. The number of rotatable bonds is 3. The van der Waals surface area contributed by atoms with E-state index < -0.39 is 5.56 Å². The third-order valence-corrected chi connectivity index (χ3v) is 3.74. The van der Waals surface area contributed by atoms with Gasteiger partial charge in [0, 0.05) is 25.0 Å². The first-order valence-electron chi connectivity index (χ1n) is 6.28. The van der Waals surface area contributed by atoms with Gasteiger partial charge < -0.3 is 20.5 Å². The van der Waals surface area contributed by atoms with Gasteiger partial charge in [0.05, 0.1) is 12.4 Å². The zero-order valence-electron chi connectivity index (χ0n) is 10.6. The number of aromatic amines is 1. The van der Waals surface area contributed by atoms with Gasteiger partial charge in [0.1, 0.15) is 0 Å². The number of aliphatic hydroxyl groups excluding tert-OH is 2. The molecule has 2 aromatic rings. The molecule has 0 aliphatic heterocycles. The van der Waals surface area contributed by atoms with Gasteiger partial charge in [-0.2, -0.15) is 4.98 Å². The molecule has 0 bridgehead atoms. The van der Waals surface area contributed by atoms with Crippen LogP contribution in [-0.4, -0.2) is 42.9 Å². The first-order valence-corrected chi connectivity index (χ1v) is 6.28. The lowest BCUT2D eigenvalue weighted by atomic mass is 9.94. The van der Waals surface area contributed by atoms with E-state index in [-0.39, 0.29) is 42.6 Å². The van der Waals surface area contributed by atoms with Gasteiger partial charge in [-0.1, -0.05) is 12.2 Å². The van der Waals surface area contributed by atoms with Crippen LogP contribution in [0.3, 0.4) is 0 Å². The number of nitrogens with two attached hydrogens (primary N) is 1. The van der Waals surface area contributed by atoms with E-state index in [1.165, 1.54) is 6.33 Å². The quantitative estimate of drug-likeness (QED) is 0.534. The zero-order chi connectivity index (χ0) is 14.3. The molecule has 1 unspecified atom stereocenters. The number of anilines is 1. The fourth-order valence-electron chi connectivity index (χ4n) is 2.70. The third-order valence-electron chi connectivity index (χ3n) is 3.74. The topological polar surface area (TPSA) is 130 Å². The standard InChI is InChI=1S/C12H15N5O3/c13-12-15-10-9(11(20)16-12)14-5-17(10)8-2-1-6(3-18)7(8)4-19/h1-2,5-8,18-19H,3-4H2,(H3,13,15,16,20)/t6-,7-,8?/m0/s1. The molecular formula is C12H15N5O3. The maximum Gasteiger partial charge on any atom is 0.280 e. The summed E-state index contributed by atoms with van der Waals surface area (Å²) in [6.07, 6.45) is 5.24. The van der Waals surface area contributed by atoms with Gasteiger partial charge in [-0.05, 0) is 0 Å². The Morgan fingerprint density at radius 1 is 1.35 bits per heavy atom. The molecule has 0 fully saturated rings. The van der Waals surface area contributed by atoms with Crippen molar-refractivity contribution in [2.24, 2.45) is 11.8 Å². The number of aromatic nitrogens is 4. The van der Waals surface area contributed by atoms with E-state index >= 15 is 0 Å². The molecule has 1 aliphatic rings. The Hall–Kier alpha value is -2.19. The number of allylic oxidation sites excluding steroid dienone is 1.